The number of hydrogen-bond acceptors (Lipinski definition) is 4. The summed E-state index contributed by atoms with van der Waals surface area (Å²) >= 11 is 5.62. The standard InChI is InChI=1S/C13H11ClN2O3/c1-9(7-14)8-19-12-5-4-11(16(17)18)10-3-2-6-15-13(10)12/h2-6H,1,7-8H2. The molecule has 6 heteroatoms. The van der Waals surface area contributed by atoms with Gasteiger partial charge in [0.05, 0.1) is 10.3 Å². The fraction of sp³-hybridized carbons (Fsp3) is 0.154. The van der Waals surface area contributed by atoms with Crippen LogP contribution in [0.5, 0.6) is 5.75 Å². The quantitative estimate of drug-likeness (QED) is 0.364. The van der Waals surface area contributed by atoms with Crippen LogP contribution in [-0.2, 0) is 0 Å². The maximum absolute atomic E-state index is 10.9. The number of nitrogens with zero attached hydrogens (tertiary/aromatic N) is 2. The van der Waals surface area contributed by atoms with Crippen molar-refractivity contribution in [3.8, 4) is 5.75 Å². The Kier molecular flexibility index (Phi) is 3.97. The molecule has 0 aliphatic heterocycles. The van der Waals surface area contributed by atoms with E-state index in [4.69, 9.17) is 16.3 Å². The number of non-ortho nitro benzene ring substituents is 1. The first-order valence-electron chi connectivity index (χ1n) is 5.51. The summed E-state index contributed by atoms with van der Waals surface area (Å²) in [7, 11) is 0. The molecule has 2 rings (SSSR count). The molecule has 0 N–H and O–H groups in total. The van der Waals surface area contributed by atoms with Gasteiger partial charge in [-0.3, -0.25) is 15.1 Å². The third kappa shape index (κ3) is 2.82. The first-order valence-corrected chi connectivity index (χ1v) is 6.04. The van der Waals surface area contributed by atoms with Crippen LogP contribution in [0.3, 0.4) is 0 Å². The minimum absolute atomic E-state index is 0.00613. The molecule has 0 spiro atoms. The predicted molar refractivity (Wildman–Crippen MR) is 73.8 cm³/mol. The molecule has 0 bridgehead atoms. The van der Waals surface area contributed by atoms with Gasteiger partial charge in [-0.2, -0.15) is 0 Å². The lowest BCUT2D eigenvalue weighted by Crippen LogP contribution is -2.02. The highest BCUT2D eigenvalue weighted by Gasteiger charge is 2.15. The van der Waals surface area contributed by atoms with Gasteiger partial charge in [0.1, 0.15) is 17.9 Å². The first-order chi connectivity index (χ1) is 9.13. The van der Waals surface area contributed by atoms with E-state index in [1.165, 1.54) is 12.1 Å². The van der Waals surface area contributed by atoms with Gasteiger partial charge in [0.25, 0.3) is 5.69 Å². The molecule has 19 heavy (non-hydrogen) atoms. The molecule has 0 radical (unpaired) electrons. The summed E-state index contributed by atoms with van der Waals surface area (Å²) in [5.74, 6) is 0.783. The molecular weight excluding hydrogens is 268 g/mol. The van der Waals surface area contributed by atoms with E-state index < -0.39 is 4.92 Å². The Balaban J connectivity index is 2.44. The van der Waals surface area contributed by atoms with E-state index in [1.807, 2.05) is 0 Å². The van der Waals surface area contributed by atoms with Gasteiger partial charge in [-0.1, -0.05) is 6.58 Å². The maximum Gasteiger partial charge on any atom is 0.279 e. The van der Waals surface area contributed by atoms with Gasteiger partial charge in [-0.25, -0.2) is 0 Å². The highest BCUT2D eigenvalue weighted by atomic mass is 35.5. The summed E-state index contributed by atoms with van der Waals surface area (Å²) in [6.45, 7) is 3.99. The Bertz CT molecular complexity index is 643. The molecule has 0 fully saturated rings. The fourth-order valence-electron chi connectivity index (χ4n) is 1.63. The molecule has 1 aromatic heterocycles. The summed E-state index contributed by atoms with van der Waals surface area (Å²) < 4.78 is 5.54. The number of alkyl halides is 1. The van der Waals surface area contributed by atoms with Crippen molar-refractivity contribution in [1.29, 1.82) is 0 Å². The van der Waals surface area contributed by atoms with Crippen molar-refractivity contribution in [3.05, 3.63) is 52.7 Å². The van der Waals surface area contributed by atoms with Crippen molar-refractivity contribution in [3.63, 3.8) is 0 Å². The van der Waals surface area contributed by atoms with Crippen molar-refractivity contribution in [1.82, 2.24) is 4.98 Å². The maximum atomic E-state index is 10.9. The van der Waals surface area contributed by atoms with Gasteiger partial charge in [0, 0.05) is 18.1 Å². The van der Waals surface area contributed by atoms with Gasteiger partial charge in [0.15, 0.2) is 0 Å². The zero-order valence-corrected chi connectivity index (χ0v) is 10.8. The summed E-state index contributed by atoms with van der Waals surface area (Å²) in [6, 6.07) is 6.23. The minimum Gasteiger partial charge on any atom is -0.487 e. The normalized spacial score (nSPS) is 10.4. The number of ether oxygens (including phenoxy) is 1. The van der Waals surface area contributed by atoms with Crippen LogP contribution in [0, 0.1) is 10.1 Å². The van der Waals surface area contributed by atoms with Crippen molar-refractivity contribution in [2.75, 3.05) is 12.5 Å². The van der Waals surface area contributed by atoms with Gasteiger partial charge >= 0.3 is 0 Å². The third-order valence-corrected chi connectivity index (χ3v) is 2.91. The average Bonchev–Trinajstić information content (AvgIpc) is 2.43. The zero-order valence-electron chi connectivity index (χ0n) is 10.0. The molecule has 1 aromatic carbocycles. The van der Waals surface area contributed by atoms with Crippen molar-refractivity contribution in [2.24, 2.45) is 0 Å². The van der Waals surface area contributed by atoms with E-state index in [0.717, 1.165) is 5.57 Å². The molecule has 1 heterocycles. The number of aromatic nitrogens is 1. The molecule has 0 atom stereocenters. The molecule has 2 aromatic rings. The van der Waals surface area contributed by atoms with Crippen LogP contribution in [0.15, 0.2) is 42.6 Å². The van der Waals surface area contributed by atoms with Crippen LogP contribution < -0.4 is 4.74 Å². The molecule has 0 saturated heterocycles. The molecule has 0 aliphatic carbocycles. The van der Waals surface area contributed by atoms with Crippen molar-refractivity contribution >= 4 is 28.2 Å². The number of hydrogen-bond donors (Lipinski definition) is 0. The number of rotatable bonds is 5. The van der Waals surface area contributed by atoms with E-state index in [0.29, 0.717) is 22.5 Å². The molecule has 5 nitrogen and oxygen atoms in total. The summed E-state index contributed by atoms with van der Waals surface area (Å²) in [5, 5.41) is 11.4. The highest BCUT2D eigenvalue weighted by Crippen LogP contribution is 2.31. The molecular formula is C13H11ClN2O3. The Labute approximate surface area is 114 Å². The molecule has 0 saturated carbocycles. The van der Waals surface area contributed by atoms with Crippen LogP contribution in [0.25, 0.3) is 10.9 Å². The van der Waals surface area contributed by atoms with E-state index in [1.54, 1.807) is 18.3 Å². The fourth-order valence-corrected chi connectivity index (χ4v) is 1.70. The second kappa shape index (κ2) is 5.67. The van der Waals surface area contributed by atoms with E-state index in [-0.39, 0.29) is 12.3 Å². The SMILES string of the molecule is C=C(CCl)COc1ccc([N+](=O)[O-])c2cccnc12. The predicted octanol–water partition coefficient (Wildman–Crippen LogP) is 3.32. The summed E-state index contributed by atoms with van der Waals surface area (Å²) in [4.78, 5) is 14.6. The monoisotopic (exact) mass is 278 g/mol. The third-order valence-electron chi connectivity index (χ3n) is 2.53. The van der Waals surface area contributed by atoms with E-state index >= 15 is 0 Å². The molecule has 98 valence electrons. The number of halogens is 1. The van der Waals surface area contributed by atoms with E-state index in [2.05, 4.69) is 11.6 Å². The lowest BCUT2D eigenvalue weighted by molar-refractivity contribution is -0.383. The smallest absolute Gasteiger partial charge is 0.279 e. The topological polar surface area (TPSA) is 65.3 Å². The Morgan fingerprint density at radius 2 is 2.26 bits per heavy atom. The summed E-state index contributed by atoms with van der Waals surface area (Å²) in [6.07, 6.45) is 1.56. The van der Waals surface area contributed by atoms with Crippen LogP contribution >= 0.6 is 11.6 Å². The lowest BCUT2D eigenvalue weighted by Gasteiger charge is -2.09. The molecule has 0 amide bonds. The van der Waals surface area contributed by atoms with Crippen LogP contribution in [0.1, 0.15) is 0 Å². The van der Waals surface area contributed by atoms with Crippen molar-refractivity contribution < 1.29 is 9.66 Å². The lowest BCUT2D eigenvalue weighted by atomic mass is 10.1. The van der Waals surface area contributed by atoms with Crippen molar-refractivity contribution in [2.45, 2.75) is 0 Å². The first kappa shape index (κ1) is 13.3. The van der Waals surface area contributed by atoms with Crippen LogP contribution in [0.4, 0.5) is 5.69 Å². The van der Waals surface area contributed by atoms with Crippen LogP contribution in [-0.4, -0.2) is 22.4 Å². The van der Waals surface area contributed by atoms with Gasteiger partial charge in [-0.15, -0.1) is 11.6 Å². The highest BCUT2D eigenvalue weighted by molar-refractivity contribution is 6.19. The van der Waals surface area contributed by atoms with Gasteiger partial charge in [-0.05, 0) is 23.8 Å². The minimum atomic E-state index is -0.439. The Morgan fingerprint density at radius 3 is 2.95 bits per heavy atom. The Hall–Kier alpha value is -2.14. The number of pyridine rings is 1. The number of nitro benzene ring substituents is 1. The zero-order chi connectivity index (χ0) is 13.8. The molecule has 0 aliphatic rings. The molecule has 0 unspecified atom stereocenters. The van der Waals surface area contributed by atoms with Crippen LogP contribution in [0.2, 0.25) is 0 Å². The van der Waals surface area contributed by atoms with E-state index in [9.17, 15) is 10.1 Å². The number of fused-ring (bicyclic) bond motifs is 1. The second-order valence-electron chi connectivity index (χ2n) is 3.91. The second-order valence-corrected chi connectivity index (χ2v) is 4.18. The summed E-state index contributed by atoms with van der Waals surface area (Å²) in [5.41, 5.74) is 1.19. The number of benzene rings is 1. The average molecular weight is 279 g/mol. The van der Waals surface area contributed by atoms with Gasteiger partial charge < -0.3 is 4.74 Å². The number of nitro groups is 1. The van der Waals surface area contributed by atoms with Gasteiger partial charge in [0.2, 0.25) is 0 Å². The largest absolute Gasteiger partial charge is 0.487 e. The Morgan fingerprint density at radius 1 is 1.47 bits per heavy atom.